The Hall–Kier alpha value is -1.36. The van der Waals surface area contributed by atoms with Crippen molar-refractivity contribution in [1.82, 2.24) is 15.1 Å². The van der Waals surface area contributed by atoms with E-state index in [2.05, 4.69) is 17.3 Å². The van der Waals surface area contributed by atoms with E-state index in [1.54, 1.807) is 6.20 Å². The van der Waals surface area contributed by atoms with Gasteiger partial charge in [-0.2, -0.15) is 5.10 Å². The van der Waals surface area contributed by atoms with Gasteiger partial charge in [-0.1, -0.05) is 20.3 Å². The Morgan fingerprint density at radius 3 is 2.95 bits per heavy atom. The molecular formula is C14H25N3O2. The Bertz CT molecular complexity index is 401. The monoisotopic (exact) mass is 267 g/mol. The van der Waals surface area contributed by atoms with Crippen molar-refractivity contribution in [1.29, 1.82) is 0 Å². The van der Waals surface area contributed by atoms with Gasteiger partial charge in [0, 0.05) is 25.4 Å². The van der Waals surface area contributed by atoms with Gasteiger partial charge in [0.25, 0.3) is 5.91 Å². The number of carbonyl (C=O) groups is 1. The fourth-order valence-corrected chi connectivity index (χ4v) is 1.89. The number of nitrogens with one attached hydrogen (secondary N) is 1. The second kappa shape index (κ2) is 7.94. The lowest BCUT2D eigenvalue weighted by Crippen LogP contribution is -2.29. The average Bonchev–Trinajstić information content (AvgIpc) is 2.75. The third kappa shape index (κ3) is 4.67. The minimum atomic E-state index is -0.0787. The van der Waals surface area contributed by atoms with Crippen LogP contribution in [0.15, 0.2) is 6.20 Å². The number of aliphatic hydroxyl groups excluding tert-OH is 1. The number of hydrogen-bond acceptors (Lipinski definition) is 3. The summed E-state index contributed by atoms with van der Waals surface area (Å²) in [6.45, 7) is 7.66. The van der Waals surface area contributed by atoms with Crippen LogP contribution >= 0.6 is 0 Å². The SMILES string of the molecule is CCCCn1ncc(C(=O)NCC(C)CCO)c1C. The zero-order valence-corrected chi connectivity index (χ0v) is 12.1. The fraction of sp³-hybridized carbons (Fsp3) is 0.714. The summed E-state index contributed by atoms with van der Waals surface area (Å²) in [7, 11) is 0. The second-order valence-electron chi connectivity index (χ2n) is 5.05. The highest BCUT2D eigenvalue weighted by atomic mass is 16.3. The highest BCUT2D eigenvalue weighted by Crippen LogP contribution is 2.09. The van der Waals surface area contributed by atoms with Crippen molar-refractivity contribution in [3.8, 4) is 0 Å². The zero-order chi connectivity index (χ0) is 14.3. The maximum atomic E-state index is 12.0. The molecule has 1 unspecified atom stereocenters. The maximum absolute atomic E-state index is 12.0. The first-order chi connectivity index (χ1) is 9.10. The van der Waals surface area contributed by atoms with Crippen molar-refractivity contribution in [2.24, 2.45) is 5.92 Å². The number of nitrogens with zero attached hydrogens (tertiary/aromatic N) is 2. The molecule has 0 bridgehead atoms. The van der Waals surface area contributed by atoms with Gasteiger partial charge < -0.3 is 10.4 Å². The Kier molecular flexibility index (Phi) is 6.56. The van der Waals surface area contributed by atoms with E-state index in [0.29, 0.717) is 18.5 Å². The van der Waals surface area contributed by atoms with Gasteiger partial charge in [-0.05, 0) is 25.7 Å². The molecule has 19 heavy (non-hydrogen) atoms. The topological polar surface area (TPSA) is 67.2 Å². The molecule has 0 aliphatic heterocycles. The van der Waals surface area contributed by atoms with Gasteiger partial charge in [0.2, 0.25) is 0 Å². The van der Waals surface area contributed by atoms with E-state index >= 15 is 0 Å². The van der Waals surface area contributed by atoms with E-state index < -0.39 is 0 Å². The summed E-state index contributed by atoms with van der Waals surface area (Å²) in [5.74, 6) is 0.203. The first-order valence-corrected chi connectivity index (χ1v) is 7.01. The van der Waals surface area contributed by atoms with Crippen molar-refractivity contribution in [3.05, 3.63) is 17.5 Å². The quantitative estimate of drug-likeness (QED) is 0.754. The molecule has 0 aliphatic rings. The molecule has 0 aromatic carbocycles. The minimum absolute atomic E-state index is 0.0787. The summed E-state index contributed by atoms with van der Waals surface area (Å²) < 4.78 is 1.88. The molecule has 1 aromatic heterocycles. The summed E-state index contributed by atoms with van der Waals surface area (Å²) in [5.41, 5.74) is 1.56. The molecule has 1 rings (SSSR count). The Morgan fingerprint density at radius 1 is 1.58 bits per heavy atom. The van der Waals surface area contributed by atoms with Crippen LogP contribution in [-0.4, -0.2) is 33.9 Å². The van der Waals surface area contributed by atoms with Crippen molar-refractivity contribution in [3.63, 3.8) is 0 Å². The van der Waals surface area contributed by atoms with E-state index in [1.807, 2.05) is 18.5 Å². The minimum Gasteiger partial charge on any atom is -0.396 e. The average molecular weight is 267 g/mol. The molecule has 0 saturated carbocycles. The van der Waals surface area contributed by atoms with Crippen LogP contribution in [-0.2, 0) is 6.54 Å². The molecule has 1 aromatic rings. The van der Waals surface area contributed by atoms with Crippen LogP contribution < -0.4 is 5.32 Å². The van der Waals surface area contributed by atoms with Crippen LogP contribution in [0.25, 0.3) is 0 Å². The van der Waals surface area contributed by atoms with Gasteiger partial charge in [0.15, 0.2) is 0 Å². The van der Waals surface area contributed by atoms with Gasteiger partial charge in [-0.25, -0.2) is 0 Å². The lowest BCUT2D eigenvalue weighted by molar-refractivity contribution is 0.0944. The van der Waals surface area contributed by atoms with Crippen LogP contribution in [0.4, 0.5) is 0 Å². The normalized spacial score (nSPS) is 12.4. The maximum Gasteiger partial charge on any atom is 0.254 e. The Labute approximate surface area is 115 Å². The number of aryl methyl sites for hydroxylation is 1. The predicted molar refractivity (Wildman–Crippen MR) is 75.1 cm³/mol. The number of amides is 1. The molecular weight excluding hydrogens is 242 g/mol. The highest BCUT2D eigenvalue weighted by Gasteiger charge is 2.14. The summed E-state index contributed by atoms with van der Waals surface area (Å²) in [6, 6.07) is 0. The standard InChI is InChI=1S/C14H25N3O2/c1-4-5-7-17-12(3)13(10-16-17)14(19)15-9-11(2)6-8-18/h10-11,18H,4-9H2,1-3H3,(H,15,19). The highest BCUT2D eigenvalue weighted by molar-refractivity contribution is 5.95. The number of rotatable bonds is 8. The molecule has 5 heteroatoms. The smallest absolute Gasteiger partial charge is 0.254 e. The molecule has 2 N–H and O–H groups in total. The number of aromatic nitrogens is 2. The molecule has 5 nitrogen and oxygen atoms in total. The van der Waals surface area contributed by atoms with E-state index in [1.165, 1.54) is 0 Å². The van der Waals surface area contributed by atoms with Gasteiger partial charge in [0.05, 0.1) is 11.8 Å². The van der Waals surface area contributed by atoms with Crippen LogP contribution in [0.5, 0.6) is 0 Å². The van der Waals surface area contributed by atoms with Crippen molar-refractivity contribution < 1.29 is 9.90 Å². The van der Waals surface area contributed by atoms with Gasteiger partial charge in [-0.15, -0.1) is 0 Å². The molecule has 0 spiro atoms. The van der Waals surface area contributed by atoms with Crippen molar-refractivity contribution >= 4 is 5.91 Å². The van der Waals surface area contributed by atoms with E-state index in [0.717, 1.165) is 25.1 Å². The van der Waals surface area contributed by atoms with Crippen LogP contribution in [0.1, 0.15) is 49.2 Å². The number of hydrogen-bond donors (Lipinski definition) is 2. The molecule has 1 heterocycles. The number of carbonyl (C=O) groups excluding carboxylic acids is 1. The predicted octanol–water partition coefficient (Wildman–Crippen LogP) is 1.74. The molecule has 0 saturated heterocycles. The molecule has 108 valence electrons. The lowest BCUT2D eigenvalue weighted by atomic mass is 10.1. The second-order valence-corrected chi connectivity index (χ2v) is 5.05. The zero-order valence-electron chi connectivity index (χ0n) is 12.1. The van der Waals surface area contributed by atoms with Gasteiger partial charge in [0.1, 0.15) is 0 Å². The molecule has 0 aliphatic carbocycles. The molecule has 0 radical (unpaired) electrons. The van der Waals surface area contributed by atoms with E-state index in [-0.39, 0.29) is 18.4 Å². The molecule has 1 amide bonds. The first kappa shape index (κ1) is 15.7. The number of unbranched alkanes of at least 4 members (excludes halogenated alkanes) is 1. The first-order valence-electron chi connectivity index (χ1n) is 7.01. The molecule has 0 fully saturated rings. The lowest BCUT2D eigenvalue weighted by Gasteiger charge is -2.11. The van der Waals surface area contributed by atoms with E-state index in [9.17, 15) is 4.79 Å². The van der Waals surface area contributed by atoms with Crippen molar-refractivity contribution in [2.75, 3.05) is 13.2 Å². The van der Waals surface area contributed by atoms with Crippen LogP contribution in [0, 0.1) is 12.8 Å². The van der Waals surface area contributed by atoms with Crippen LogP contribution in [0.2, 0.25) is 0 Å². The van der Waals surface area contributed by atoms with Gasteiger partial charge in [-0.3, -0.25) is 9.48 Å². The van der Waals surface area contributed by atoms with E-state index in [4.69, 9.17) is 5.11 Å². The summed E-state index contributed by atoms with van der Waals surface area (Å²) in [6.07, 6.45) is 4.52. The Morgan fingerprint density at radius 2 is 2.32 bits per heavy atom. The fourth-order valence-electron chi connectivity index (χ4n) is 1.89. The number of aliphatic hydroxyl groups is 1. The summed E-state index contributed by atoms with van der Waals surface area (Å²) in [4.78, 5) is 12.0. The summed E-state index contributed by atoms with van der Waals surface area (Å²) >= 11 is 0. The summed E-state index contributed by atoms with van der Waals surface area (Å²) in [5, 5.41) is 16.0. The van der Waals surface area contributed by atoms with Crippen molar-refractivity contribution in [2.45, 2.75) is 46.6 Å². The van der Waals surface area contributed by atoms with Gasteiger partial charge >= 0.3 is 0 Å². The largest absolute Gasteiger partial charge is 0.396 e. The third-order valence-corrected chi connectivity index (χ3v) is 3.30. The van der Waals surface area contributed by atoms with Crippen LogP contribution in [0.3, 0.4) is 0 Å². The Balaban J connectivity index is 2.55. The molecule has 1 atom stereocenters. The third-order valence-electron chi connectivity index (χ3n) is 3.30.